The lowest BCUT2D eigenvalue weighted by Crippen LogP contribution is -2.48. The normalized spacial score (nSPS) is 15.0. The van der Waals surface area contributed by atoms with E-state index in [1.54, 1.807) is 29.2 Å². The van der Waals surface area contributed by atoms with E-state index in [9.17, 15) is 19.7 Å². The molecule has 12 heteroatoms. The first kappa shape index (κ1) is 32.1. The number of benzene rings is 2. The Kier molecular flexibility index (Phi) is 11.3. The number of H-pyrrole nitrogens is 1. The third-order valence-corrected chi connectivity index (χ3v) is 7.49. The van der Waals surface area contributed by atoms with Crippen molar-refractivity contribution in [2.75, 3.05) is 0 Å². The van der Waals surface area contributed by atoms with E-state index in [0.29, 0.717) is 17.8 Å². The second-order valence-electron chi connectivity index (χ2n) is 11.0. The van der Waals surface area contributed by atoms with E-state index < -0.39 is 17.1 Å². The molecular weight excluding hydrogens is 564 g/mol. The number of nitrogens with one attached hydrogen (secondary N) is 1. The van der Waals surface area contributed by atoms with Crippen molar-refractivity contribution in [2.45, 2.75) is 78.2 Å². The zero-order valence-corrected chi connectivity index (χ0v) is 25.2. The average molecular weight is 603 g/mol. The summed E-state index contributed by atoms with van der Waals surface area (Å²) in [6.45, 7) is 5.94. The van der Waals surface area contributed by atoms with Crippen molar-refractivity contribution in [1.82, 2.24) is 25.5 Å². The largest absolute Gasteiger partial charge is 0.459 e. The van der Waals surface area contributed by atoms with Gasteiger partial charge in [-0.15, -0.1) is 20.3 Å². The number of carbonyl (C=O) groups is 2. The summed E-state index contributed by atoms with van der Waals surface area (Å²) in [5, 5.41) is 24.2. The molecule has 1 aliphatic carbocycles. The molecule has 1 amide bonds. The molecule has 1 unspecified atom stereocenters. The van der Waals surface area contributed by atoms with Crippen LogP contribution >= 0.6 is 0 Å². The molecule has 0 saturated heterocycles. The summed E-state index contributed by atoms with van der Waals surface area (Å²) in [7, 11) is 0. The van der Waals surface area contributed by atoms with Gasteiger partial charge in [0.1, 0.15) is 19.3 Å². The second kappa shape index (κ2) is 15.6. The Balaban J connectivity index is 1.48. The summed E-state index contributed by atoms with van der Waals surface area (Å²) < 4.78 is 5.70. The maximum Gasteiger partial charge on any atom is 0.329 e. The molecular formula is C32H38N6O6. The molecule has 0 bridgehead atoms. The Hall–Kier alpha value is -4.87. The summed E-state index contributed by atoms with van der Waals surface area (Å²) >= 11 is 0. The Labute approximate surface area is 256 Å². The minimum Gasteiger partial charge on any atom is -0.459 e. The van der Waals surface area contributed by atoms with Gasteiger partial charge < -0.3 is 14.5 Å². The minimum atomic E-state index is -0.844. The Morgan fingerprint density at radius 2 is 1.75 bits per heavy atom. The molecule has 2 atom stereocenters. The van der Waals surface area contributed by atoms with Gasteiger partial charge in [0, 0.05) is 13.0 Å². The molecule has 4 rings (SSSR count). The van der Waals surface area contributed by atoms with Crippen LogP contribution in [-0.4, -0.2) is 48.5 Å². The number of unbranched alkanes of at least 4 members (excludes halogenated alkanes) is 1. The Bertz CT molecular complexity index is 1450. The van der Waals surface area contributed by atoms with E-state index in [1.165, 1.54) is 0 Å². The van der Waals surface area contributed by atoms with Crippen LogP contribution in [0.1, 0.15) is 80.5 Å². The van der Waals surface area contributed by atoms with Crippen molar-refractivity contribution in [2.24, 2.45) is 5.92 Å². The Morgan fingerprint density at radius 3 is 2.36 bits per heavy atom. The van der Waals surface area contributed by atoms with Gasteiger partial charge in [0.05, 0.1) is 5.92 Å². The summed E-state index contributed by atoms with van der Waals surface area (Å²) in [6, 6.07) is 14.0. The summed E-state index contributed by atoms with van der Waals surface area (Å²) in [6.07, 6.45) is 8.84. The van der Waals surface area contributed by atoms with Gasteiger partial charge in [-0.05, 0) is 46.6 Å². The second-order valence-corrected chi connectivity index (χ2v) is 11.0. The van der Waals surface area contributed by atoms with E-state index in [1.807, 2.05) is 51.1 Å². The van der Waals surface area contributed by atoms with Crippen LogP contribution in [-0.2, 0) is 38.9 Å². The maximum absolute atomic E-state index is 13.5. The highest BCUT2D eigenvalue weighted by molar-refractivity contribution is 5.85. The quantitative estimate of drug-likeness (QED) is 0.138. The number of tetrazole rings is 1. The minimum absolute atomic E-state index is 0.00914. The van der Waals surface area contributed by atoms with Crippen molar-refractivity contribution < 1.29 is 24.3 Å². The highest BCUT2D eigenvalue weighted by atomic mass is 16.9. The predicted molar refractivity (Wildman–Crippen MR) is 162 cm³/mol. The van der Waals surface area contributed by atoms with E-state index in [0.717, 1.165) is 41.5 Å². The van der Waals surface area contributed by atoms with Crippen LogP contribution in [0.2, 0.25) is 0 Å². The van der Waals surface area contributed by atoms with E-state index in [-0.39, 0.29) is 37.5 Å². The maximum atomic E-state index is 13.5. The number of nitrogens with zero attached hydrogens (tertiary/aromatic N) is 5. The first-order valence-electron chi connectivity index (χ1n) is 14.8. The number of allylic oxidation sites excluding steroid dienone is 4. The fraction of sp³-hybridized carbons (Fsp3) is 0.406. The van der Waals surface area contributed by atoms with Gasteiger partial charge in [0.2, 0.25) is 5.91 Å². The Morgan fingerprint density at radius 1 is 1.07 bits per heavy atom. The number of aromatic amines is 1. The van der Waals surface area contributed by atoms with Crippen molar-refractivity contribution in [3.63, 3.8) is 0 Å². The molecule has 44 heavy (non-hydrogen) atoms. The van der Waals surface area contributed by atoms with E-state index in [4.69, 9.17) is 4.74 Å². The highest BCUT2D eigenvalue weighted by Gasteiger charge is 2.34. The van der Waals surface area contributed by atoms with Gasteiger partial charge in [-0.3, -0.25) is 4.79 Å². The lowest BCUT2D eigenvalue weighted by molar-refractivity contribution is -0.763. The van der Waals surface area contributed by atoms with Crippen molar-refractivity contribution in [3.8, 4) is 0 Å². The number of hydrogen-bond acceptors (Lipinski definition) is 9. The van der Waals surface area contributed by atoms with Gasteiger partial charge in [-0.25, -0.2) is 4.79 Å². The molecule has 12 nitrogen and oxygen atoms in total. The SMILES string of the molecule is CCCCC(=O)N(Cc1ccc(C2=CC=CCC2c2nn[nH]n2)cc1)[C@H](C(=O)OCc1ccc(CO[N+](=O)[O-])cc1)C(C)C. The standard InChI is InChI=1S/C32H38N6O6/c1-4-5-10-29(39)37(30(22(2)3)32(40)43-20-24-11-13-25(14-12-24)21-44-38(41)42)19-23-15-17-26(18-16-23)27-8-6-7-9-28(27)31-33-35-36-34-31/h6-8,11-18,22,28,30H,4-5,9-10,19-21H2,1-3H3,(H,33,34,35,36)/t28?,30-/m0/s1. The molecule has 0 spiro atoms. The lowest BCUT2D eigenvalue weighted by Gasteiger charge is -2.33. The molecule has 2 aromatic carbocycles. The number of hydrogen-bond donors (Lipinski definition) is 1. The van der Waals surface area contributed by atoms with Crippen molar-refractivity contribution >= 4 is 17.4 Å². The number of ether oxygens (including phenoxy) is 1. The van der Waals surface area contributed by atoms with Gasteiger partial charge in [0.25, 0.3) is 5.09 Å². The smallest absolute Gasteiger partial charge is 0.329 e. The van der Waals surface area contributed by atoms with Crippen molar-refractivity contribution in [1.29, 1.82) is 0 Å². The zero-order valence-electron chi connectivity index (χ0n) is 25.2. The van der Waals surface area contributed by atoms with Gasteiger partial charge in [0.15, 0.2) is 5.82 Å². The van der Waals surface area contributed by atoms with Crippen LogP contribution in [0.15, 0.2) is 66.8 Å². The lowest BCUT2D eigenvalue weighted by atomic mass is 9.86. The predicted octanol–water partition coefficient (Wildman–Crippen LogP) is 5.32. The zero-order chi connectivity index (χ0) is 31.5. The molecule has 1 heterocycles. The van der Waals surface area contributed by atoms with E-state index in [2.05, 4.69) is 37.6 Å². The van der Waals surface area contributed by atoms with Crippen LogP contribution in [0.4, 0.5) is 0 Å². The van der Waals surface area contributed by atoms with Crippen LogP contribution in [0, 0.1) is 16.0 Å². The fourth-order valence-electron chi connectivity index (χ4n) is 5.16. The summed E-state index contributed by atoms with van der Waals surface area (Å²) in [5.41, 5.74) is 4.34. The molecule has 232 valence electrons. The van der Waals surface area contributed by atoms with Crippen LogP contribution in [0.3, 0.4) is 0 Å². The number of rotatable bonds is 15. The molecule has 1 aliphatic rings. The number of aromatic nitrogens is 4. The summed E-state index contributed by atoms with van der Waals surface area (Å²) in [5.74, 6) is -0.148. The van der Waals surface area contributed by atoms with Crippen LogP contribution in [0.25, 0.3) is 5.57 Å². The third-order valence-electron chi connectivity index (χ3n) is 7.49. The molecule has 3 aromatic rings. The number of esters is 1. The van der Waals surface area contributed by atoms with Crippen LogP contribution < -0.4 is 0 Å². The molecule has 1 N–H and O–H groups in total. The monoisotopic (exact) mass is 602 g/mol. The highest BCUT2D eigenvalue weighted by Crippen LogP contribution is 2.35. The molecule has 0 aliphatic heterocycles. The number of carbonyl (C=O) groups excluding carboxylic acids is 2. The summed E-state index contributed by atoms with van der Waals surface area (Å²) in [4.78, 5) is 43.4. The average Bonchev–Trinajstić information content (AvgIpc) is 3.57. The van der Waals surface area contributed by atoms with E-state index >= 15 is 0 Å². The van der Waals surface area contributed by atoms with Gasteiger partial charge in [-0.1, -0.05) is 99.2 Å². The van der Waals surface area contributed by atoms with Gasteiger partial charge >= 0.3 is 5.97 Å². The molecule has 0 saturated carbocycles. The number of amides is 1. The topological polar surface area (TPSA) is 153 Å². The molecule has 0 fully saturated rings. The van der Waals surface area contributed by atoms with Crippen molar-refractivity contribution in [3.05, 3.63) is 105 Å². The first-order chi connectivity index (χ1) is 21.3. The fourth-order valence-corrected chi connectivity index (χ4v) is 5.16. The first-order valence-corrected chi connectivity index (χ1v) is 14.8. The van der Waals surface area contributed by atoms with Gasteiger partial charge in [-0.2, -0.15) is 5.21 Å². The molecule has 0 radical (unpaired) electrons. The molecule has 1 aromatic heterocycles. The third kappa shape index (κ3) is 8.59. The van der Waals surface area contributed by atoms with Crippen LogP contribution in [0.5, 0.6) is 0 Å².